The van der Waals surface area contributed by atoms with Crippen molar-refractivity contribution in [3.63, 3.8) is 0 Å². The van der Waals surface area contributed by atoms with Crippen molar-refractivity contribution >= 4 is 23.1 Å². The number of pyridine rings is 1. The highest BCUT2D eigenvalue weighted by atomic mass is 35.5. The number of hydrogen-bond donors (Lipinski definition) is 1. The van der Waals surface area contributed by atoms with Crippen LogP contribution in [0, 0.1) is 10.1 Å². The van der Waals surface area contributed by atoms with E-state index >= 15 is 0 Å². The van der Waals surface area contributed by atoms with Gasteiger partial charge in [-0.1, -0.05) is 23.7 Å². The van der Waals surface area contributed by atoms with Crippen LogP contribution in [0.5, 0.6) is 0 Å². The number of anilines is 1. The number of H-pyrrole nitrogens is 1. The lowest BCUT2D eigenvalue weighted by molar-refractivity contribution is -0.914. The van der Waals surface area contributed by atoms with Crippen molar-refractivity contribution in [2.24, 2.45) is 0 Å². The van der Waals surface area contributed by atoms with Crippen molar-refractivity contribution in [3.8, 4) is 0 Å². The number of nitrogens with zero attached hydrogens (tertiary/aromatic N) is 2. The molecule has 0 amide bonds. The normalized spacial score (nSPS) is 15.8. The van der Waals surface area contributed by atoms with Crippen molar-refractivity contribution in [2.45, 2.75) is 12.7 Å². The van der Waals surface area contributed by atoms with E-state index < -0.39 is 11.7 Å². The van der Waals surface area contributed by atoms with Gasteiger partial charge in [-0.05, 0) is 12.1 Å². The van der Waals surface area contributed by atoms with Gasteiger partial charge in [0.1, 0.15) is 43.9 Å². The molecule has 0 radical (unpaired) electrons. The molecule has 1 fully saturated rings. The zero-order valence-corrected chi connectivity index (χ0v) is 15.0. The summed E-state index contributed by atoms with van der Waals surface area (Å²) in [5.41, 5.74) is -0.0477. The topological polar surface area (TPSA) is 65.0 Å². The molecular formula is C17H18ClF3N4O2+2. The minimum atomic E-state index is -4.45. The summed E-state index contributed by atoms with van der Waals surface area (Å²) >= 11 is 6.04. The van der Waals surface area contributed by atoms with Gasteiger partial charge in [-0.2, -0.15) is 13.2 Å². The molecule has 2 aromatic rings. The van der Waals surface area contributed by atoms with E-state index in [1.807, 2.05) is 4.90 Å². The maximum atomic E-state index is 12.7. The van der Waals surface area contributed by atoms with E-state index in [1.54, 1.807) is 18.2 Å². The molecule has 3 rings (SSSR count). The third kappa shape index (κ3) is 4.48. The van der Waals surface area contributed by atoms with Crippen LogP contribution in [0.25, 0.3) is 0 Å². The number of para-hydroxylation sites is 1. The number of halogens is 4. The number of nitro benzene ring substituents is 1. The lowest BCUT2D eigenvalue weighted by atomic mass is 10.1. The summed E-state index contributed by atoms with van der Waals surface area (Å²) in [7, 11) is 0. The van der Waals surface area contributed by atoms with E-state index in [2.05, 4.69) is 4.98 Å². The average Bonchev–Trinajstić information content (AvgIpc) is 2.62. The summed E-state index contributed by atoms with van der Waals surface area (Å²) in [6, 6.07) is 7.56. The summed E-state index contributed by atoms with van der Waals surface area (Å²) in [5.74, 6) is 0.453. The van der Waals surface area contributed by atoms with Crippen LogP contribution in [0.1, 0.15) is 11.1 Å². The van der Waals surface area contributed by atoms with Gasteiger partial charge in [0, 0.05) is 6.07 Å². The van der Waals surface area contributed by atoms with Crippen molar-refractivity contribution < 1.29 is 28.0 Å². The van der Waals surface area contributed by atoms with Gasteiger partial charge in [-0.3, -0.25) is 10.1 Å². The van der Waals surface area contributed by atoms with Gasteiger partial charge in [-0.15, -0.1) is 0 Å². The fraction of sp³-hybridized carbons (Fsp3) is 0.353. The van der Waals surface area contributed by atoms with Gasteiger partial charge in [0.15, 0.2) is 0 Å². The third-order valence-electron chi connectivity index (χ3n) is 4.62. The van der Waals surface area contributed by atoms with E-state index in [1.165, 1.54) is 11.0 Å². The molecule has 0 aliphatic carbocycles. The molecule has 27 heavy (non-hydrogen) atoms. The van der Waals surface area contributed by atoms with Gasteiger partial charge in [0.25, 0.3) is 11.5 Å². The van der Waals surface area contributed by atoms with E-state index in [4.69, 9.17) is 11.6 Å². The molecule has 0 atom stereocenters. The van der Waals surface area contributed by atoms with Crippen LogP contribution < -0.4 is 14.8 Å². The summed E-state index contributed by atoms with van der Waals surface area (Å²) < 4.78 is 38.2. The number of nitro groups is 1. The van der Waals surface area contributed by atoms with Crippen LogP contribution in [-0.4, -0.2) is 31.1 Å². The number of piperazine rings is 1. The van der Waals surface area contributed by atoms with Crippen molar-refractivity contribution in [2.75, 3.05) is 31.1 Å². The average molecular weight is 403 g/mol. The molecule has 0 spiro atoms. The Kier molecular flexibility index (Phi) is 5.52. The molecule has 1 aromatic carbocycles. The quantitative estimate of drug-likeness (QED) is 0.628. The zero-order chi connectivity index (χ0) is 19.6. The molecule has 0 unspecified atom stereocenters. The SMILES string of the molecule is O=[N+]([O-])c1ccccc1C[NH+]1CCN(c2[nH+]cc(C(F)(F)F)cc2Cl)CC1. The Labute approximate surface area is 158 Å². The maximum Gasteiger partial charge on any atom is 0.419 e. The molecule has 1 saturated heterocycles. The van der Waals surface area contributed by atoms with E-state index in [0.717, 1.165) is 12.3 Å². The Morgan fingerprint density at radius 1 is 1.26 bits per heavy atom. The van der Waals surface area contributed by atoms with Crippen molar-refractivity contribution in [1.82, 2.24) is 0 Å². The second kappa shape index (κ2) is 7.69. The fourth-order valence-corrected chi connectivity index (χ4v) is 3.49. The molecule has 144 valence electrons. The summed E-state index contributed by atoms with van der Waals surface area (Å²) in [6.45, 7) is 3.07. The highest BCUT2D eigenvalue weighted by Crippen LogP contribution is 2.32. The Balaban J connectivity index is 1.65. The molecule has 1 aliphatic rings. The zero-order valence-electron chi connectivity index (χ0n) is 14.2. The van der Waals surface area contributed by atoms with E-state index in [9.17, 15) is 23.3 Å². The van der Waals surface area contributed by atoms with E-state index in [-0.39, 0.29) is 15.6 Å². The molecule has 0 saturated carbocycles. The summed E-state index contributed by atoms with van der Waals surface area (Å²) in [4.78, 5) is 16.4. The molecule has 1 aromatic heterocycles. The predicted octanol–water partition coefficient (Wildman–Crippen LogP) is 1.99. The molecular weight excluding hydrogens is 385 g/mol. The highest BCUT2D eigenvalue weighted by Gasteiger charge is 2.35. The minimum Gasteiger partial charge on any atom is -0.324 e. The first-order valence-electron chi connectivity index (χ1n) is 8.35. The summed E-state index contributed by atoms with van der Waals surface area (Å²) in [5, 5.41) is 11.1. The number of aromatic amines is 1. The predicted molar refractivity (Wildman–Crippen MR) is 92.7 cm³/mol. The first-order valence-corrected chi connectivity index (χ1v) is 8.72. The maximum absolute atomic E-state index is 12.7. The number of nitrogens with one attached hydrogen (secondary N) is 2. The molecule has 1 aliphatic heterocycles. The Bertz CT molecular complexity index is 839. The number of rotatable bonds is 4. The molecule has 2 heterocycles. The van der Waals surface area contributed by atoms with Gasteiger partial charge in [0.05, 0.1) is 16.1 Å². The first kappa shape index (κ1) is 19.4. The molecule has 2 N–H and O–H groups in total. The van der Waals surface area contributed by atoms with E-state index in [0.29, 0.717) is 44.1 Å². The molecule has 6 nitrogen and oxygen atoms in total. The van der Waals surface area contributed by atoms with Gasteiger partial charge < -0.3 is 4.90 Å². The molecule has 10 heteroatoms. The second-order valence-electron chi connectivity index (χ2n) is 6.38. The number of alkyl halides is 3. The van der Waals surface area contributed by atoms with Gasteiger partial charge >= 0.3 is 6.18 Å². The fourth-order valence-electron chi connectivity index (χ4n) is 3.20. The Morgan fingerprint density at radius 3 is 2.52 bits per heavy atom. The lowest BCUT2D eigenvalue weighted by Crippen LogP contribution is -3.13. The third-order valence-corrected chi connectivity index (χ3v) is 4.90. The van der Waals surface area contributed by atoms with Crippen LogP contribution in [0.2, 0.25) is 5.02 Å². The number of hydrogen-bond acceptors (Lipinski definition) is 3. The molecule has 0 bridgehead atoms. The van der Waals surface area contributed by atoms with Gasteiger partial charge in [-0.25, -0.2) is 9.88 Å². The lowest BCUT2D eigenvalue weighted by Gasteiger charge is -2.28. The van der Waals surface area contributed by atoms with Crippen LogP contribution in [0.15, 0.2) is 36.5 Å². The van der Waals surface area contributed by atoms with Crippen LogP contribution in [0.4, 0.5) is 24.7 Å². The second-order valence-corrected chi connectivity index (χ2v) is 6.79. The van der Waals surface area contributed by atoms with Crippen molar-refractivity contribution in [3.05, 3.63) is 62.8 Å². The highest BCUT2D eigenvalue weighted by molar-refractivity contribution is 6.32. The van der Waals surface area contributed by atoms with Gasteiger partial charge in [0.2, 0.25) is 0 Å². The van der Waals surface area contributed by atoms with Crippen LogP contribution in [0.3, 0.4) is 0 Å². The standard InChI is InChI=1S/C17H16ClF3N4O2/c18-14-9-13(17(19,20)21)10-22-16(14)24-7-5-23(6-8-24)11-12-3-1-2-4-15(12)25(26)27/h1-4,9-10H,5-8,11H2/p+2. The first-order chi connectivity index (χ1) is 12.8. The Hall–Kier alpha value is -2.39. The Morgan fingerprint density at radius 2 is 1.93 bits per heavy atom. The van der Waals surface area contributed by atoms with Crippen LogP contribution in [-0.2, 0) is 12.7 Å². The van der Waals surface area contributed by atoms with Crippen LogP contribution >= 0.6 is 11.6 Å². The number of benzene rings is 1. The minimum absolute atomic E-state index is 0.0203. The van der Waals surface area contributed by atoms with Crippen molar-refractivity contribution in [1.29, 1.82) is 0 Å². The number of quaternary nitrogens is 1. The smallest absolute Gasteiger partial charge is 0.324 e. The largest absolute Gasteiger partial charge is 0.419 e. The number of aromatic nitrogens is 1. The summed E-state index contributed by atoms with van der Waals surface area (Å²) in [6.07, 6.45) is -3.54. The monoisotopic (exact) mass is 402 g/mol.